The minimum absolute atomic E-state index is 0.0377. The van der Waals surface area contributed by atoms with Gasteiger partial charge >= 0.3 is 0 Å². The molecule has 55 heavy (non-hydrogen) atoms. The summed E-state index contributed by atoms with van der Waals surface area (Å²) in [6, 6.07) is 18.8. The maximum Gasteiger partial charge on any atom is 0.291 e. The molecule has 0 N–H and O–H groups in total. The van der Waals surface area contributed by atoms with Gasteiger partial charge in [-0.05, 0) is 132 Å². The number of rotatable bonds is 6. The molecular weight excluding hydrogens is 795 g/mol. The number of hydrogen-bond acceptors (Lipinski definition) is 2. The first-order valence-electron chi connectivity index (χ1n) is 21.4. The van der Waals surface area contributed by atoms with Crippen LogP contribution in [0, 0.1) is 41.2 Å². The molecule has 9 rings (SSSR count). The Hall–Kier alpha value is -1.64. The third-order valence-electron chi connectivity index (χ3n) is 14.0. The van der Waals surface area contributed by atoms with Gasteiger partial charge in [0.1, 0.15) is 16.0 Å². The lowest BCUT2D eigenvalue weighted by Crippen LogP contribution is -2.45. The van der Waals surface area contributed by atoms with Gasteiger partial charge in [-0.3, -0.25) is 0 Å². The van der Waals surface area contributed by atoms with Crippen molar-refractivity contribution in [1.29, 1.82) is 1.34 Å². The average Bonchev–Trinajstić information content (AvgIpc) is 3.65. The molecule has 0 nitrogen and oxygen atoms in total. The Bertz CT molecular complexity index is 1970. The van der Waals surface area contributed by atoms with E-state index in [9.17, 15) is 4.39 Å². The third kappa shape index (κ3) is 7.36. The molecule has 4 aromatic rings. The van der Waals surface area contributed by atoms with Crippen molar-refractivity contribution in [3.63, 3.8) is 0 Å². The van der Waals surface area contributed by atoms with Crippen LogP contribution in [0.4, 0.5) is 17.6 Å². The molecule has 2 radical (unpaired) electrons. The highest BCUT2D eigenvalue weighted by molar-refractivity contribution is 9.10. The molecule has 2 saturated carbocycles. The van der Waals surface area contributed by atoms with E-state index >= 15 is 13.2 Å². The van der Waals surface area contributed by atoms with Crippen LogP contribution in [0.25, 0.3) is 21.5 Å². The molecule has 1 saturated heterocycles. The number of fused-ring (bicyclic) bond motifs is 7. The molecule has 4 aliphatic carbocycles. The first-order valence-corrected chi connectivity index (χ1v) is 23.6. The van der Waals surface area contributed by atoms with Crippen molar-refractivity contribution in [1.82, 2.24) is 0 Å². The van der Waals surface area contributed by atoms with Crippen molar-refractivity contribution in [3.05, 3.63) is 94.6 Å². The van der Waals surface area contributed by atoms with Crippen molar-refractivity contribution in [2.75, 3.05) is 11.5 Å². The molecule has 5 aliphatic rings. The van der Waals surface area contributed by atoms with Crippen LogP contribution in [0.3, 0.4) is 0 Å². The van der Waals surface area contributed by atoms with Crippen molar-refractivity contribution < 1.29 is 17.6 Å². The molecule has 2 atom stereocenters. The van der Waals surface area contributed by atoms with Crippen LogP contribution in [0.15, 0.2) is 60.7 Å². The Kier molecular flexibility index (Phi) is 12.4. The zero-order chi connectivity index (χ0) is 39.7. The Morgan fingerprint density at radius 2 is 1.24 bits per heavy atom. The minimum atomic E-state index is -3.20. The predicted octanol–water partition coefficient (Wildman–Crippen LogP) is 14.5. The van der Waals surface area contributed by atoms with E-state index in [-0.39, 0.29) is 27.8 Å². The fraction of sp³-hybridized carbons (Fsp3) is 0.574. The number of benzene rings is 4. The highest BCUT2D eigenvalue weighted by Gasteiger charge is 2.64. The van der Waals surface area contributed by atoms with E-state index < -0.39 is 16.1 Å². The second-order valence-electron chi connectivity index (χ2n) is 17.1. The summed E-state index contributed by atoms with van der Waals surface area (Å²) >= 11 is 7.62. The highest BCUT2D eigenvalue weighted by atomic mass is 79.9. The summed E-state index contributed by atoms with van der Waals surface area (Å²) in [6.45, 7) is 4.49. The first-order chi connectivity index (χ1) is 27.1. The van der Waals surface area contributed by atoms with Gasteiger partial charge in [0.2, 0.25) is 0 Å². The normalized spacial score (nSPS) is 29.4. The van der Waals surface area contributed by atoms with E-state index in [1.165, 1.54) is 79.9 Å². The molecule has 8 heteroatoms. The van der Waals surface area contributed by atoms with Gasteiger partial charge in [0, 0.05) is 13.9 Å². The lowest BCUT2D eigenvalue weighted by atomic mass is 9.72. The molecule has 0 amide bonds. The summed E-state index contributed by atoms with van der Waals surface area (Å²) in [5.41, 5.74) is 2.50. The highest BCUT2D eigenvalue weighted by Crippen LogP contribution is 2.65. The summed E-state index contributed by atoms with van der Waals surface area (Å²) in [4.78, 5) is 0. The molecule has 1 heterocycles. The van der Waals surface area contributed by atoms with Crippen LogP contribution in [-0.2, 0) is 22.8 Å². The number of hydrogen-bond donors (Lipinski definition) is 0. The van der Waals surface area contributed by atoms with Crippen molar-refractivity contribution in [3.8, 4) is 0 Å². The lowest BCUT2D eigenvalue weighted by Gasteiger charge is -2.44. The SMILES string of the molecule is CCCC1CCC(C2(Br)Cc3c(c(F)cc4ccccc34)C2(F)F)CC1.CCCC1CCC(C2Cc3c(c(F)cc4ccccc34)C23SCCCS3)CC1.[2H][B]. The smallest absolute Gasteiger partial charge is 0.207 e. The van der Waals surface area contributed by atoms with E-state index in [1.54, 1.807) is 6.07 Å². The number of alkyl halides is 3. The Morgan fingerprint density at radius 3 is 1.80 bits per heavy atom. The fourth-order valence-electron chi connectivity index (χ4n) is 11.4. The largest absolute Gasteiger partial charge is 0.291 e. The average molecular weight is 853 g/mol. The minimum Gasteiger partial charge on any atom is -0.207 e. The standard InChI is InChI=1S/C25H31FS2.C22H24BrF3.BH/c1-2-6-17-9-11-18(12-10-17)22-16-21-20-8-4-3-7-19(20)15-23(26)24(21)25(22)27-13-5-14-28-25;1-2-5-14-8-10-16(11-9-14)21(23)13-18-17-7-4-3-6-15(17)12-19(24)20(18)22(21,25)26;/h3-4,7-8,15,17-18,22H,2,5-6,9-14,16H2,1H3;3-4,6-7,12,14,16H,2,5,8-11,13H2,1H3;1H/i;;1D. The molecule has 2 unspecified atom stereocenters. The summed E-state index contributed by atoms with van der Waals surface area (Å²) in [5.74, 6) is 1.27. The van der Waals surface area contributed by atoms with Crippen molar-refractivity contribution in [2.24, 2.45) is 29.6 Å². The molecule has 1 aliphatic heterocycles. The maximum absolute atomic E-state index is 15.5. The van der Waals surface area contributed by atoms with Crippen LogP contribution < -0.4 is 0 Å². The quantitative estimate of drug-likeness (QED) is 0.108. The molecule has 294 valence electrons. The lowest BCUT2D eigenvalue weighted by molar-refractivity contribution is -0.0606. The van der Waals surface area contributed by atoms with Crippen LogP contribution >= 0.6 is 39.5 Å². The van der Waals surface area contributed by atoms with Crippen LogP contribution in [0.2, 0.25) is 0 Å². The molecule has 0 bridgehead atoms. The van der Waals surface area contributed by atoms with Gasteiger partial charge in [-0.25, -0.2) is 8.78 Å². The van der Waals surface area contributed by atoms with E-state index in [4.69, 9.17) is 1.34 Å². The van der Waals surface area contributed by atoms with Gasteiger partial charge < -0.3 is 0 Å². The Balaban J connectivity index is 0.000000165. The summed E-state index contributed by atoms with van der Waals surface area (Å²) in [5, 5.41) is 3.83. The second kappa shape index (κ2) is 16.9. The summed E-state index contributed by atoms with van der Waals surface area (Å²) in [7, 11) is 3.75. The van der Waals surface area contributed by atoms with Crippen LogP contribution in [0.1, 0.15) is 120 Å². The Morgan fingerprint density at radius 1 is 0.727 bits per heavy atom. The van der Waals surface area contributed by atoms with Gasteiger partial charge in [-0.2, -0.15) is 8.78 Å². The molecule has 3 fully saturated rings. The summed E-state index contributed by atoms with van der Waals surface area (Å²) < 4.78 is 65.1. The topological polar surface area (TPSA) is 0 Å². The van der Waals surface area contributed by atoms with Crippen LogP contribution in [0.5, 0.6) is 0 Å². The van der Waals surface area contributed by atoms with Crippen LogP contribution in [-0.4, -0.2) is 25.5 Å². The van der Waals surface area contributed by atoms with E-state index in [0.29, 0.717) is 22.8 Å². The monoisotopic (exact) mass is 851 g/mol. The van der Waals surface area contributed by atoms with E-state index in [2.05, 4.69) is 79.9 Å². The fourth-order valence-corrected chi connectivity index (χ4v) is 16.2. The van der Waals surface area contributed by atoms with Gasteiger partial charge in [-0.1, -0.05) is 130 Å². The number of thioether (sulfide) groups is 2. The zero-order valence-electron chi connectivity index (χ0n) is 33.5. The Labute approximate surface area is 346 Å². The summed E-state index contributed by atoms with van der Waals surface area (Å²) in [6.07, 6.45) is 16.6. The number of halogens is 5. The van der Waals surface area contributed by atoms with Gasteiger partial charge in [0.15, 0.2) is 0 Å². The molecule has 0 aromatic heterocycles. The third-order valence-corrected chi connectivity index (χ3v) is 19.0. The zero-order valence-corrected chi connectivity index (χ0v) is 35.7. The molecule has 4 aromatic carbocycles. The van der Waals surface area contributed by atoms with E-state index in [1.807, 2.05) is 30.3 Å². The first kappa shape index (κ1) is 40.2. The second-order valence-corrected chi connectivity index (χ2v) is 21.4. The van der Waals surface area contributed by atoms with Gasteiger partial charge in [0.25, 0.3) is 5.92 Å². The van der Waals surface area contributed by atoms with Crippen molar-refractivity contribution >= 4 is 69.4 Å². The van der Waals surface area contributed by atoms with Gasteiger partial charge in [0.05, 0.1) is 9.64 Å². The molecule has 1 spiro atoms. The van der Waals surface area contributed by atoms with E-state index in [0.717, 1.165) is 66.7 Å². The van der Waals surface area contributed by atoms with Gasteiger partial charge in [-0.15, -0.1) is 23.5 Å². The molecular formula is C47H56BBrF4S2. The maximum atomic E-state index is 15.5. The van der Waals surface area contributed by atoms with Crippen molar-refractivity contribution in [2.45, 2.75) is 124 Å². The predicted molar refractivity (Wildman–Crippen MR) is 233 cm³/mol.